The molecule has 1 aromatic heterocycles. The van der Waals surface area contributed by atoms with Gasteiger partial charge < -0.3 is 23.6 Å². The van der Waals surface area contributed by atoms with Gasteiger partial charge in [0.15, 0.2) is 5.82 Å². The van der Waals surface area contributed by atoms with Gasteiger partial charge in [0.05, 0.1) is 19.8 Å². The minimum Gasteiger partial charge on any atom is -0.497 e. The van der Waals surface area contributed by atoms with Crippen LogP contribution in [0.15, 0.2) is 22.7 Å². The number of hydrogen-bond donors (Lipinski definition) is 0. The molecular weight excluding hydrogens is 374 g/mol. The number of methoxy groups -OCH3 is 2. The third-order valence-corrected chi connectivity index (χ3v) is 5.74. The molecule has 0 spiro atoms. The van der Waals surface area contributed by atoms with Gasteiger partial charge in [-0.25, -0.2) is 0 Å². The van der Waals surface area contributed by atoms with E-state index < -0.39 is 0 Å². The summed E-state index contributed by atoms with van der Waals surface area (Å²) in [6, 6.07) is 5.27. The number of hydrogen-bond acceptors (Lipinski definition) is 7. The van der Waals surface area contributed by atoms with Crippen LogP contribution in [0.1, 0.15) is 47.3 Å². The fourth-order valence-corrected chi connectivity index (χ4v) is 4.05. The number of ether oxygens (including phenoxy) is 3. The number of likely N-dealkylation sites (tertiary alicyclic amines) is 1. The van der Waals surface area contributed by atoms with E-state index in [1.54, 1.807) is 32.4 Å². The van der Waals surface area contributed by atoms with Crippen molar-refractivity contribution in [2.45, 2.75) is 31.6 Å². The zero-order valence-corrected chi connectivity index (χ0v) is 16.9. The molecule has 156 valence electrons. The van der Waals surface area contributed by atoms with Crippen molar-refractivity contribution in [3.05, 3.63) is 35.5 Å². The van der Waals surface area contributed by atoms with E-state index in [2.05, 4.69) is 10.1 Å². The molecule has 0 N–H and O–H groups in total. The molecule has 8 heteroatoms. The van der Waals surface area contributed by atoms with Crippen LogP contribution >= 0.6 is 0 Å². The molecule has 1 atom stereocenters. The normalized spacial score (nSPS) is 20.1. The maximum atomic E-state index is 13.0. The molecule has 2 aliphatic heterocycles. The van der Waals surface area contributed by atoms with Gasteiger partial charge in [0.25, 0.3) is 5.91 Å². The van der Waals surface area contributed by atoms with Crippen LogP contribution in [0.25, 0.3) is 0 Å². The van der Waals surface area contributed by atoms with E-state index in [9.17, 15) is 4.79 Å². The minimum atomic E-state index is -0.0250. The lowest BCUT2D eigenvalue weighted by atomic mass is 10.0. The monoisotopic (exact) mass is 401 g/mol. The standard InChI is InChI=1S/C21H27N3O5/c1-26-16-3-4-17(18(12-16)27-2)21(25)24-8-5-14(13-24)11-19-22-20(29-23-19)15-6-9-28-10-7-15/h3-4,12,14-15H,5-11,13H2,1-2H3. The molecule has 3 heterocycles. The first-order valence-corrected chi connectivity index (χ1v) is 10.1. The Kier molecular flexibility index (Phi) is 5.99. The zero-order chi connectivity index (χ0) is 20.2. The van der Waals surface area contributed by atoms with Gasteiger partial charge in [-0.3, -0.25) is 4.79 Å². The summed E-state index contributed by atoms with van der Waals surface area (Å²) < 4.78 is 21.5. The average Bonchev–Trinajstić information content (AvgIpc) is 3.43. The number of rotatable bonds is 6. The smallest absolute Gasteiger partial charge is 0.257 e. The fraction of sp³-hybridized carbons (Fsp3) is 0.571. The SMILES string of the molecule is COc1ccc(C(=O)N2CCC(Cc3noc(C4CCOCC4)n3)C2)c(OC)c1. The van der Waals surface area contributed by atoms with Gasteiger partial charge in [0.2, 0.25) is 5.89 Å². The highest BCUT2D eigenvalue weighted by Gasteiger charge is 2.30. The van der Waals surface area contributed by atoms with Crippen LogP contribution in [0.5, 0.6) is 11.5 Å². The number of nitrogens with zero attached hydrogens (tertiary/aromatic N) is 3. The van der Waals surface area contributed by atoms with Crippen molar-refractivity contribution in [3.63, 3.8) is 0 Å². The lowest BCUT2D eigenvalue weighted by Gasteiger charge is -2.18. The van der Waals surface area contributed by atoms with E-state index in [4.69, 9.17) is 18.7 Å². The van der Waals surface area contributed by atoms with Gasteiger partial charge in [-0.1, -0.05) is 5.16 Å². The zero-order valence-electron chi connectivity index (χ0n) is 16.9. The molecule has 0 bridgehead atoms. The molecule has 1 amide bonds. The number of amides is 1. The first-order chi connectivity index (χ1) is 14.2. The quantitative estimate of drug-likeness (QED) is 0.735. The van der Waals surface area contributed by atoms with Gasteiger partial charge in [0, 0.05) is 44.7 Å². The second-order valence-electron chi connectivity index (χ2n) is 7.61. The van der Waals surface area contributed by atoms with Crippen LogP contribution in [0.2, 0.25) is 0 Å². The summed E-state index contributed by atoms with van der Waals surface area (Å²) in [6.45, 7) is 2.88. The van der Waals surface area contributed by atoms with Crippen LogP contribution in [-0.4, -0.2) is 61.5 Å². The lowest BCUT2D eigenvalue weighted by molar-refractivity contribution is 0.0777. The molecule has 0 radical (unpaired) electrons. The molecule has 8 nitrogen and oxygen atoms in total. The van der Waals surface area contributed by atoms with Gasteiger partial charge >= 0.3 is 0 Å². The largest absolute Gasteiger partial charge is 0.497 e. The second-order valence-corrected chi connectivity index (χ2v) is 7.61. The molecule has 2 fully saturated rings. The first kappa shape index (κ1) is 19.7. The van der Waals surface area contributed by atoms with E-state index in [0.29, 0.717) is 42.0 Å². The number of carbonyl (C=O) groups is 1. The highest BCUT2D eigenvalue weighted by Crippen LogP contribution is 2.29. The summed E-state index contributed by atoms with van der Waals surface area (Å²) in [4.78, 5) is 19.4. The Bertz CT molecular complexity index is 847. The Morgan fingerprint density at radius 1 is 1.21 bits per heavy atom. The van der Waals surface area contributed by atoms with E-state index >= 15 is 0 Å². The molecule has 4 rings (SSSR count). The van der Waals surface area contributed by atoms with Crippen LogP contribution in [0.4, 0.5) is 0 Å². The number of carbonyl (C=O) groups excluding carboxylic acids is 1. The maximum absolute atomic E-state index is 13.0. The van der Waals surface area contributed by atoms with Gasteiger partial charge in [0.1, 0.15) is 11.5 Å². The molecule has 1 unspecified atom stereocenters. The van der Waals surface area contributed by atoms with Crippen molar-refractivity contribution in [3.8, 4) is 11.5 Å². The Morgan fingerprint density at radius 2 is 2.03 bits per heavy atom. The Labute approximate surface area is 170 Å². The molecule has 29 heavy (non-hydrogen) atoms. The van der Waals surface area contributed by atoms with Crippen LogP contribution in [0.3, 0.4) is 0 Å². The highest BCUT2D eigenvalue weighted by atomic mass is 16.5. The third-order valence-electron chi connectivity index (χ3n) is 5.74. The molecule has 2 saturated heterocycles. The predicted molar refractivity (Wildman–Crippen MR) is 104 cm³/mol. The Morgan fingerprint density at radius 3 is 2.79 bits per heavy atom. The second kappa shape index (κ2) is 8.82. The molecular formula is C21H27N3O5. The van der Waals surface area contributed by atoms with Crippen molar-refractivity contribution in [2.75, 3.05) is 40.5 Å². The van der Waals surface area contributed by atoms with Crippen molar-refractivity contribution >= 4 is 5.91 Å². The van der Waals surface area contributed by atoms with Crippen molar-refractivity contribution < 1.29 is 23.5 Å². The van der Waals surface area contributed by atoms with Crippen LogP contribution < -0.4 is 9.47 Å². The van der Waals surface area contributed by atoms with Crippen LogP contribution in [0, 0.1) is 5.92 Å². The number of benzene rings is 1. The first-order valence-electron chi connectivity index (χ1n) is 10.1. The average molecular weight is 401 g/mol. The minimum absolute atomic E-state index is 0.0250. The van der Waals surface area contributed by atoms with E-state index in [0.717, 1.165) is 50.6 Å². The summed E-state index contributed by atoms with van der Waals surface area (Å²) in [6.07, 6.45) is 3.50. The predicted octanol–water partition coefficient (Wildman–Crippen LogP) is 2.69. The Hall–Kier alpha value is -2.61. The number of aromatic nitrogens is 2. The summed E-state index contributed by atoms with van der Waals surface area (Å²) >= 11 is 0. The summed E-state index contributed by atoms with van der Waals surface area (Å²) in [5.41, 5.74) is 0.551. The van der Waals surface area contributed by atoms with Gasteiger partial charge in [-0.2, -0.15) is 4.98 Å². The Balaban J connectivity index is 1.37. The van der Waals surface area contributed by atoms with E-state index in [1.807, 2.05) is 4.90 Å². The molecule has 1 aromatic carbocycles. The van der Waals surface area contributed by atoms with Gasteiger partial charge in [-0.15, -0.1) is 0 Å². The summed E-state index contributed by atoms with van der Waals surface area (Å²) in [5.74, 6) is 3.23. The van der Waals surface area contributed by atoms with E-state index in [-0.39, 0.29) is 5.91 Å². The molecule has 0 saturated carbocycles. The van der Waals surface area contributed by atoms with E-state index in [1.165, 1.54) is 0 Å². The fourth-order valence-electron chi connectivity index (χ4n) is 4.05. The van der Waals surface area contributed by atoms with Crippen LogP contribution in [-0.2, 0) is 11.2 Å². The summed E-state index contributed by atoms with van der Waals surface area (Å²) in [5, 5.41) is 4.17. The van der Waals surface area contributed by atoms with Crippen molar-refractivity contribution in [1.29, 1.82) is 0 Å². The summed E-state index contributed by atoms with van der Waals surface area (Å²) in [7, 11) is 3.15. The highest BCUT2D eigenvalue weighted by molar-refractivity contribution is 5.97. The van der Waals surface area contributed by atoms with Crippen molar-refractivity contribution in [2.24, 2.45) is 5.92 Å². The van der Waals surface area contributed by atoms with Crippen molar-refractivity contribution in [1.82, 2.24) is 15.0 Å². The molecule has 0 aliphatic carbocycles. The third kappa shape index (κ3) is 4.37. The molecule has 2 aromatic rings. The molecule has 2 aliphatic rings. The van der Waals surface area contributed by atoms with Gasteiger partial charge in [-0.05, 0) is 37.3 Å². The topological polar surface area (TPSA) is 86.9 Å². The maximum Gasteiger partial charge on any atom is 0.257 e. The lowest BCUT2D eigenvalue weighted by Crippen LogP contribution is -2.29.